The number of nitrogens with one attached hydrogen (secondary N) is 1. The van der Waals surface area contributed by atoms with Crippen LogP contribution in [0.4, 0.5) is 0 Å². The summed E-state index contributed by atoms with van der Waals surface area (Å²) in [5, 5.41) is 12.2. The fraction of sp³-hybridized carbons (Fsp3) is 1.00. The minimum Gasteiger partial charge on any atom is -0.396 e. The molecule has 0 saturated carbocycles. The highest BCUT2D eigenvalue weighted by Crippen LogP contribution is 2.08. The molecule has 0 rings (SSSR count). The third kappa shape index (κ3) is 17.9. The summed E-state index contributed by atoms with van der Waals surface area (Å²) in [6, 6.07) is 0. The highest BCUT2D eigenvalue weighted by molar-refractivity contribution is 4.52. The first-order valence-corrected chi connectivity index (χ1v) is 9.23. The maximum Gasteiger partial charge on any atom is 0.0431 e. The zero-order valence-electron chi connectivity index (χ0n) is 14.0. The van der Waals surface area contributed by atoms with E-state index in [0.29, 0.717) is 6.61 Å². The molecule has 2 heteroatoms. The summed E-state index contributed by atoms with van der Waals surface area (Å²) in [5.74, 6) is 0. The van der Waals surface area contributed by atoms with Gasteiger partial charge < -0.3 is 10.4 Å². The first-order valence-electron chi connectivity index (χ1n) is 9.23. The van der Waals surface area contributed by atoms with Gasteiger partial charge in [0.05, 0.1) is 0 Å². The first kappa shape index (κ1) is 19.9. The largest absolute Gasteiger partial charge is 0.396 e. The Hall–Kier alpha value is -0.0800. The minimum atomic E-state index is 0.361. The molecule has 0 heterocycles. The second-order valence-corrected chi connectivity index (χ2v) is 6.07. The third-order valence-electron chi connectivity index (χ3n) is 3.97. The second kappa shape index (κ2) is 18.9. The van der Waals surface area contributed by atoms with Crippen molar-refractivity contribution in [2.24, 2.45) is 0 Å². The van der Waals surface area contributed by atoms with Gasteiger partial charge in [-0.3, -0.25) is 0 Å². The van der Waals surface area contributed by atoms with Crippen molar-refractivity contribution in [3.63, 3.8) is 0 Å². The van der Waals surface area contributed by atoms with Crippen molar-refractivity contribution in [1.82, 2.24) is 5.32 Å². The van der Waals surface area contributed by atoms with Gasteiger partial charge in [0.1, 0.15) is 0 Å². The second-order valence-electron chi connectivity index (χ2n) is 6.07. The molecule has 0 aromatic carbocycles. The number of unbranched alkanes of at least 4 members (excludes halogenated alkanes) is 12. The van der Waals surface area contributed by atoms with E-state index in [9.17, 15) is 0 Å². The van der Waals surface area contributed by atoms with Crippen molar-refractivity contribution in [1.29, 1.82) is 0 Å². The molecular formula is C18H39NO. The molecule has 0 aliphatic carbocycles. The van der Waals surface area contributed by atoms with Crippen molar-refractivity contribution in [3.8, 4) is 0 Å². The average Bonchev–Trinajstić information content (AvgIpc) is 2.47. The standard InChI is InChI=1S/C18H39NO/c1-2-3-4-5-6-7-10-13-16-19-17-14-11-8-9-12-15-18-20/h19-20H,2-18H2,1H3. The predicted molar refractivity (Wildman–Crippen MR) is 90.3 cm³/mol. The molecule has 0 aromatic heterocycles. The SMILES string of the molecule is CCCCCCCCCCNCCCCCCCCO. The van der Waals surface area contributed by atoms with Gasteiger partial charge in [-0.1, -0.05) is 77.6 Å². The van der Waals surface area contributed by atoms with Crippen molar-refractivity contribution in [3.05, 3.63) is 0 Å². The van der Waals surface area contributed by atoms with Crippen LogP contribution in [0.5, 0.6) is 0 Å². The molecule has 20 heavy (non-hydrogen) atoms. The fourth-order valence-corrected chi connectivity index (χ4v) is 2.58. The van der Waals surface area contributed by atoms with Crippen LogP contribution in [0.15, 0.2) is 0 Å². The number of hydrogen-bond donors (Lipinski definition) is 2. The lowest BCUT2D eigenvalue weighted by Gasteiger charge is -2.05. The number of aliphatic hydroxyl groups excluding tert-OH is 1. The molecule has 0 aliphatic heterocycles. The van der Waals surface area contributed by atoms with Crippen LogP contribution in [0.25, 0.3) is 0 Å². The van der Waals surface area contributed by atoms with Crippen LogP contribution >= 0.6 is 0 Å². The highest BCUT2D eigenvalue weighted by atomic mass is 16.2. The number of hydrogen-bond acceptors (Lipinski definition) is 2. The monoisotopic (exact) mass is 285 g/mol. The smallest absolute Gasteiger partial charge is 0.0431 e. The zero-order valence-corrected chi connectivity index (χ0v) is 14.0. The molecule has 2 nitrogen and oxygen atoms in total. The predicted octanol–water partition coefficient (Wildman–Crippen LogP) is 5.05. The van der Waals surface area contributed by atoms with Gasteiger partial charge in [-0.05, 0) is 32.4 Å². The van der Waals surface area contributed by atoms with Crippen molar-refractivity contribution in [2.45, 2.75) is 96.8 Å². The summed E-state index contributed by atoms with van der Waals surface area (Å²) in [6.45, 7) is 5.04. The lowest BCUT2D eigenvalue weighted by Crippen LogP contribution is -2.16. The van der Waals surface area contributed by atoms with E-state index in [2.05, 4.69) is 12.2 Å². The van der Waals surface area contributed by atoms with Gasteiger partial charge in [0.15, 0.2) is 0 Å². The van der Waals surface area contributed by atoms with Crippen molar-refractivity contribution >= 4 is 0 Å². The van der Waals surface area contributed by atoms with E-state index < -0.39 is 0 Å². The van der Waals surface area contributed by atoms with Crippen LogP contribution < -0.4 is 5.32 Å². The molecule has 122 valence electrons. The quantitative estimate of drug-likeness (QED) is 0.367. The van der Waals surface area contributed by atoms with E-state index in [1.54, 1.807) is 0 Å². The third-order valence-corrected chi connectivity index (χ3v) is 3.97. The summed E-state index contributed by atoms with van der Waals surface area (Å²) in [6.07, 6.45) is 18.7. The van der Waals surface area contributed by atoms with Crippen LogP contribution in [0.1, 0.15) is 96.8 Å². The Balaban J connectivity index is 2.89. The van der Waals surface area contributed by atoms with Gasteiger partial charge in [0.2, 0.25) is 0 Å². The van der Waals surface area contributed by atoms with Gasteiger partial charge in [0.25, 0.3) is 0 Å². The van der Waals surface area contributed by atoms with Gasteiger partial charge in [0, 0.05) is 6.61 Å². The van der Waals surface area contributed by atoms with Crippen LogP contribution in [0.2, 0.25) is 0 Å². The van der Waals surface area contributed by atoms with Crippen molar-refractivity contribution in [2.75, 3.05) is 19.7 Å². The van der Waals surface area contributed by atoms with Crippen molar-refractivity contribution < 1.29 is 5.11 Å². The Bertz CT molecular complexity index is 143. The molecule has 0 fully saturated rings. The average molecular weight is 286 g/mol. The van der Waals surface area contributed by atoms with E-state index in [1.807, 2.05) is 0 Å². The van der Waals surface area contributed by atoms with E-state index in [4.69, 9.17) is 5.11 Å². The first-order chi connectivity index (χ1) is 9.91. The summed E-state index contributed by atoms with van der Waals surface area (Å²) in [4.78, 5) is 0. The molecule has 0 bridgehead atoms. The molecule has 0 aliphatic rings. The molecule has 0 unspecified atom stereocenters. The highest BCUT2D eigenvalue weighted by Gasteiger charge is 1.93. The van der Waals surface area contributed by atoms with Gasteiger partial charge in [-0.15, -0.1) is 0 Å². The topological polar surface area (TPSA) is 32.3 Å². The summed E-state index contributed by atoms with van der Waals surface area (Å²) in [5.41, 5.74) is 0. The van der Waals surface area contributed by atoms with Gasteiger partial charge in [-0.2, -0.15) is 0 Å². The molecule has 0 radical (unpaired) electrons. The molecule has 0 atom stereocenters. The van der Waals surface area contributed by atoms with Crippen LogP contribution in [-0.4, -0.2) is 24.8 Å². The Morgan fingerprint density at radius 3 is 1.40 bits per heavy atom. The Morgan fingerprint density at radius 1 is 0.550 bits per heavy atom. The van der Waals surface area contributed by atoms with Crippen LogP contribution in [0, 0.1) is 0 Å². The Labute approximate surface area is 127 Å². The molecular weight excluding hydrogens is 246 g/mol. The maximum atomic E-state index is 8.67. The molecule has 0 aromatic rings. The van der Waals surface area contributed by atoms with Gasteiger partial charge in [-0.25, -0.2) is 0 Å². The van der Waals surface area contributed by atoms with Crippen LogP contribution in [-0.2, 0) is 0 Å². The molecule has 0 spiro atoms. The molecule has 0 saturated heterocycles. The normalized spacial score (nSPS) is 11.1. The summed E-state index contributed by atoms with van der Waals surface area (Å²) in [7, 11) is 0. The van der Waals surface area contributed by atoms with Crippen LogP contribution in [0.3, 0.4) is 0 Å². The molecule has 0 amide bonds. The Morgan fingerprint density at radius 2 is 0.950 bits per heavy atom. The molecule has 2 N–H and O–H groups in total. The lowest BCUT2D eigenvalue weighted by atomic mass is 10.1. The summed E-state index contributed by atoms with van der Waals surface area (Å²) < 4.78 is 0. The van der Waals surface area contributed by atoms with E-state index in [0.717, 1.165) is 6.42 Å². The maximum absolute atomic E-state index is 8.67. The minimum absolute atomic E-state index is 0.361. The zero-order chi connectivity index (χ0) is 14.7. The Kier molecular flexibility index (Phi) is 18.8. The van der Waals surface area contributed by atoms with E-state index in [-0.39, 0.29) is 0 Å². The van der Waals surface area contributed by atoms with Gasteiger partial charge >= 0.3 is 0 Å². The van der Waals surface area contributed by atoms with E-state index in [1.165, 1.54) is 96.6 Å². The number of rotatable bonds is 17. The fourth-order valence-electron chi connectivity index (χ4n) is 2.58. The number of aliphatic hydroxyl groups is 1. The van der Waals surface area contributed by atoms with E-state index >= 15 is 0 Å². The lowest BCUT2D eigenvalue weighted by molar-refractivity contribution is 0.282. The summed E-state index contributed by atoms with van der Waals surface area (Å²) >= 11 is 0.